The molecule has 1 aliphatic heterocycles. The first-order valence-electron chi connectivity index (χ1n) is 11.6. The number of carbonyl (C=O) groups is 1. The summed E-state index contributed by atoms with van der Waals surface area (Å²) in [5.41, 5.74) is 0.0715. The van der Waals surface area contributed by atoms with Crippen LogP contribution in [0.2, 0.25) is 0 Å². The van der Waals surface area contributed by atoms with E-state index in [1.54, 1.807) is 67.0 Å². The summed E-state index contributed by atoms with van der Waals surface area (Å²) in [5.74, 6) is 0. The number of aromatic nitrogens is 5. The second-order valence-electron chi connectivity index (χ2n) is 9.96. The monoisotopic (exact) mass is 519 g/mol. The summed E-state index contributed by atoms with van der Waals surface area (Å²) in [6.45, 7) is 5.96. The highest BCUT2D eigenvalue weighted by Crippen LogP contribution is 2.35. The van der Waals surface area contributed by atoms with Crippen molar-refractivity contribution in [3.05, 3.63) is 61.3 Å². The molecule has 12 heteroatoms. The van der Waals surface area contributed by atoms with Crippen molar-refractivity contribution in [1.82, 2.24) is 28.6 Å². The summed E-state index contributed by atoms with van der Waals surface area (Å²) in [7, 11) is -3.85. The molecule has 3 aromatic heterocycles. The molecule has 1 aromatic carbocycles. The van der Waals surface area contributed by atoms with Crippen molar-refractivity contribution in [2.75, 3.05) is 13.1 Å². The number of hydrogen-bond acceptors (Lipinski definition) is 8. The fraction of sp³-hybridized carbons (Fsp3) is 0.320. The minimum Gasteiger partial charge on any atom is -0.444 e. The SMILES string of the molecule is CC(C)(C)OC(=O)N1CC(CC#N)(n2cc(-c3ncnc4c3ccn4S(=O)(=O)c3ccccc3)cn2)C1. The number of fused-ring (bicyclic) bond motifs is 1. The molecule has 1 fully saturated rings. The average molecular weight is 520 g/mol. The zero-order chi connectivity index (χ0) is 26.4. The Balaban J connectivity index is 1.46. The van der Waals surface area contributed by atoms with E-state index in [0.29, 0.717) is 16.6 Å². The number of rotatable bonds is 5. The smallest absolute Gasteiger partial charge is 0.410 e. The summed E-state index contributed by atoms with van der Waals surface area (Å²) in [6, 6.07) is 12.0. The highest BCUT2D eigenvalue weighted by Gasteiger charge is 2.48. The average Bonchev–Trinajstić information content (AvgIpc) is 3.48. The molecule has 1 amide bonds. The van der Waals surface area contributed by atoms with Crippen LogP contribution in [0.15, 0.2) is 66.2 Å². The van der Waals surface area contributed by atoms with Crippen LogP contribution in [0.4, 0.5) is 4.79 Å². The Labute approximate surface area is 214 Å². The van der Waals surface area contributed by atoms with Gasteiger partial charge < -0.3 is 9.64 Å². The van der Waals surface area contributed by atoms with Crippen molar-refractivity contribution < 1.29 is 17.9 Å². The fourth-order valence-corrected chi connectivity index (χ4v) is 5.69. The molecule has 37 heavy (non-hydrogen) atoms. The number of nitriles is 1. The van der Waals surface area contributed by atoms with E-state index in [2.05, 4.69) is 21.1 Å². The van der Waals surface area contributed by atoms with Crippen molar-refractivity contribution in [3.8, 4) is 17.3 Å². The number of hydrogen-bond donors (Lipinski definition) is 0. The van der Waals surface area contributed by atoms with Gasteiger partial charge in [-0.05, 0) is 39.0 Å². The van der Waals surface area contributed by atoms with Crippen molar-refractivity contribution in [1.29, 1.82) is 5.26 Å². The van der Waals surface area contributed by atoms with Crippen LogP contribution in [0, 0.1) is 11.3 Å². The Kier molecular flexibility index (Phi) is 5.75. The van der Waals surface area contributed by atoms with E-state index >= 15 is 0 Å². The van der Waals surface area contributed by atoms with Gasteiger partial charge in [0.2, 0.25) is 0 Å². The molecule has 0 radical (unpaired) electrons. The third-order valence-corrected chi connectivity index (χ3v) is 7.80. The van der Waals surface area contributed by atoms with Gasteiger partial charge >= 0.3 is 6.09 Å². The molecule has 4 heterocycles. The van der Waals surface area contributed by atoms with Crippen LogP contribution in [-0.2, 0) is 20.3 Å². The van der Waals surface area contributed by atoms with E-state index in [-0.39, 0.29) is 30.1 Å². The lowest BCUT2D eigenvalue weighted by atomic mass is 9.87. The van der Waals surface area contributed by atoms with Gasteiger partial charge in [-0.2, -0.15) is 10.4 Å². The van der Waals surface area contributed by atoms with Crippen molar-refractivity contribution in [2.24, 2.45) is 0 Å². The van der Waals surface area contributed by atoms with Crippen LogP contribution in [0.1, 0.15) is 27.2 Å². The van der Waals surface area contributed by atoms with Crippen LogP contribution < -0.4 is 0 Å². The molecule has 1 aliphatic rings. The summed E-state index contributed by atoms with van der Waals surface area (Å²) in [6.07, 6.45) is 5.85. The Hall–Kier alpha value is -4.24. The first kappa shape index (κ1) is 24.5. The molecular weight excluding hydrogens is 494 g/mol. The predicted octanol–water partition coefficient (Wildman–Crippen LogP) is 3.39. The summed E-state index contributed by atoms with van der Waals surface area (Å²) < 4.78 is 34.6. The van der Waals surface area contributed by atoms with Gasteiger partial charge in [0, 0.05) is 23.3 Å². The lowest BCUT2D eigenvalue weighted by Gasteiger charge is -2.48. The number of likely N-dealkylation sites (tertiary alicyclic amines) is 1. The normalized spacial score (nSPS) is 15.2. The topological polar surface area (TPSA) is 136 Å². The van der Waals surface area contributed by atoms with Gasteiger partial charge in [-0.1, -0.05) is 18.2 Å². The molecule has 1 saturated heterocycles. The zero-order valence-electron chi connectivity index (χ0n) is 20.6. The second-order valence-corrected chi connectivity index (χ2v) is 11.8. The first-order chi connectivity index (χ1) is 17.5. The summed E-state index contributed by atoms with van der Waals surface area (Å²) in [5, 5.41) is 14.5. The number of nitrogens with zero attached hydrogens (tertiary/aromatic N) is 7. The Bertz CT molecular complexity index is 1620. The quantitative estimate of drug-likeness (QED) is 0.391. The third kappa shape index (κ3) is 4.31. The number of carbonyl (C=O) groups excluding carboxylic acids is 1. The van der Waals surface area contributed by atoms with Crippen LogP contribution in [-0.4, -0.2) is 61.8 Å². The second kappa shape index (κ2) is 8.70. The highest BCUT2D eigenvalue weighted by molar-refractivity contribution is 7.90. The Morgan fingerprint density at radius 3 is 2.57 bits per heavy atom. The van der Waals surface area contributed by atoms with Gasteiger partial charge in [-0.3, -0.25) is 4.68 Å². The van der Waals surface area contributed by atoms with E-state index in [4.69, 9.17) is 4.74 Å². The molecule has 0 unspecified atom stereocenters. The maximum Gasteiger partial charge on any atom is 0.410 e. The predicted molar refractivity (Wildman–Crippen MR) is 134 cm³/mol. The number of benzene rings is 1. The standard InChI is InChI=1S/C25H25N7O4S/c1-24(2,3)36-23(33)30-15-25(16-30,10-11-26)32-14-18(13-29-32)21-20-9-12-31(22(20)28-17-27-21)37(34,35)19-7-5-4-6-8-19/h4-9,12-14,17H,10,15-16H2,1-3H3. The largest absolute Gasteiger partial charge is 0.444 e. The van der Waals surface area contributed by atoms with Gasteiger partial charge in [0.1, 0.15) is 17.5 Å². The van der Waals surface area contributed by atoms with Gasteiger partial charge in [-0.15, -0.1) is 0 Å². The minimum atomic E-state index is -3.85. The zero-order valence-corrected chi connectivity index (χ0v) is 21.4. The first-order valence-corrected chi connectivity index (χ1v) is 13.0. The van der Waals surface area contributed by atoms with Crippen molar-refractivity contribution in [2.45, 2.75) is 43.2 Å². The molecule has 0 N–H and O–H groups in total. The van der Waals surface area contributed by atoms with Gasteiger partial charge in [-0.25, -0.2) is 27.2 Å². The van der Waals surface area contributed by atoms with Gasteiger partial charge in [0.15, 0.2) is 5.65 Å². The van der Waals surface area contributed by atoms with Crippen LogP contribution in [0.5, 0.6) is 0 Å². The van der Waals surface area contributed by atoms with E-state index in [0.717, 1.165) is 3.97 Å². The van der Waals surface area contributed by atoms with Gasteiger partial charge in [0.25, 0.3) is 10.0 Å². The van der Waals surface area contributed by atoms with E-state index in [1.165, 1.54) is 24.7 Å². The maximum absolute atomic E-state index is 13.2. The highest BCUT2D eigenvalue weighted by atomic mass is 32.2. The van der Waals surface area contributed by atoms with E-state index < -0.39 is 27.3 Å². The summed E-state index contributed by atoms with van der Waals surface area (Å²) in [4.78, 5) is 22.8. The molecule has 0 spiro atoms. The third-order valence-electron chi connectivity index (χ3n) is 6.12. The van der Waals surface area contributed by atoms with Crippen molar-refractivity contribution in [3.63, 3.8) is 0 Å². The summed E-state index contributed by atoms with van der Waals surface area (Å²) >= 11 is 0. The molecule has 0 saturated carbocycles. The van der Waals surface area contributed by atoms with Crippen LogP contribution in [0.3, 0.4) is 0 Å². The fourth-order valence-electron chi connectivity index (χ4n) is 4.37. The van der Waals surface area contributed by atoms with Crippen LogP contribution >= 0.6 is 0 Å². The maximum atomic E-state index is 13.2. The number of ether oxygens (including phenoxy) is 1. The molecule has 190 valence electrons. The lowest BCUT2D eigenvalue weighted by molar-refractivity contribution is -0.0314. The molecular formula is C25H25N7O4S. The van der Waals surface area contributed by atoms with E-state index in [1.807, 2.05) is 0 Å². The van der Waals surface area contributed by atoms with Crippen LogP contribution in [0.25, 0.3) is 22.3 Å². The molecule has 0 aliphatic carbocycles. The Morgan fingerprint density at radius 2 is 1.89 bits per heavy atom. The van der Waals surface area contributed by atoms with Crippen molar-refractivity contribution >= 4 is 27.1 Å². The molecule has 0 atom stereocenters. The molecule has 11 nitrogen and oxygen atoms in total. The molecule has 0 bridgehead atoms. The minimum absolute atomic E-state index is 0.151. The van der Waals surface area contributed by atoms with Gasteiger partial charge in [0.05, 0.1) is 42.4 Å². The van der Waals surface area contributed by atoms with E-state index in [9.17, 15) is 18.5 Å². The molecule has 4 aromatic rings. The molecule has 5 rings (SSSR count). The Morgan fingerprint density at radius 1 is 1.16 bits per heavy atom. The lowest BCUT2D eigenvalue weighted by Crippen LogP contribution is -2.64. The number of amides is 1.